The zero-order valence-electron chi connectivity index (χ0n) is 12.3. The molecule has 1 aromatic rings. The SMILES string of the molecule is CCCc1ccccc1NC(=O)N(CCC(=O)O)C1CC1. The summed E-state index contributed by atoms with van der Waals surface area (Å²) in [4.78, 5) is 24.7. The van der Waals surface area contributed by atoms with Gasteiger partial charge in [-0.15, -0.1) is 0 Å². The fourth-order valence-corrected chi connectivity index (χ4v) is 2.37. The molecule has 1 aromatic carbocycles. The van der Waals surface area contributed by atoms with E-state index in [1.54, 1.807) is 4.90 Å². The summed E-state index contributed by atoms with van der Waals surface area (Å²) in [6, 6.07) is 7.77. The zero-order valence-corrected chi connectivity index (χ0v) is 12.3. The highest BCUT2D eigenvalue weighted by Crippen LogP contribution is 2.28. The van der Waals surface area contributed by atoms with E-state index in [1.807, 2.05) is 24.3 Å². The smallest absolute Gasteiger partial charge is 0.322 e. The molecule has 0 saturated heterocycles. The number of hydrogen-bond donors (Lipinski definition) is 2. The number of nitrogens with zero attached hydrogens (tertiary/aromatic N) is 1. The van der Waals surface area contributed by atoms with Gasteiger partial charge in [-0.3, -0.25) is 4.79 Å². The number of carbonyl (C=O) groups is 2. The van der Waals surface area contributed by atoms with Crippen LogP contribution in [0, 0.1) is 0 Å². The molecule has 1 aliphatic carbocycles. The Hall–Kier alpha value is -2.04. The Kier molecular flexibility index (Phi) is 5.20. The molecule has 0 spiro atoms. The molecule has 0 heterocycles. The lowest BCUT2D eigenvalue weighted by atomic mass is 10.1. The second kappa shape index (κ2) is 7.11. The van der Waals surface area contributed by atoms with Crippen LogP contribution in [-0.2, 0) is 11.2 Å². The minimum atomic E-state index is -0.875. The van der Waals surface area contributed by atoms with E-state index in [0.29, 0.717) is 0 Å². The first-order chi connectivity index (χ1) is 10.1. The van der Waals surface area contributed by atoms with E-state index < -0.39 is 5.97 Å². The Balaban J connectivity index is 2.02. The lowest BCUT2D eigenvalue weighted by Crippen LogP contribution is -2.38. The number of para-hydroxylation sites is 1. The summed E-state index contributed by atoms with van der Waals surface area (Å²) in [5, 5.41) is 11.7. The molecule has 0 aliphatic heterocycles. The number of aryl methyl sites for hydroxylation is 1. The molecule has 2 rings (SSSR count). The third-order valence-corrected chi connectivity index (χ3v) is 3.59. The predicted octanol–water partition coefficient (Wildman–Crippen LogP) is 3.11. The van der Waals surface area contributed by atoms with Gasteiger partial charge >= 0.3 is 12.0 Å². The van der Waals surface area contributed by atoms with Gasteiger partial charge in [0.25, 0.3) is 0 Å². The number of benzene rings is 1. The van der Waals surface area contributed by atoms with Crippen LogP contribution in [0.1, 0.15) is 38.2 Å². The van der Waals surface area contributed by atoms with Gasteiger partial charge in [-0.1, -0.05) is 31.5 Å². The van der Waals surface area contributed by atoms with Crippen molar-refractivity contribution in [2.45, 2.75) is 45.1 Å². The molecule has 2 amide bonds. The minimum absolute atomic E-state index is 0.0134. The Morgan fingerprint density at radius 1 is 1.33 bits per heavy atom. The van der Waals surface area contributed by atoms with Crippen molar-refractivity contribution in [3.05, 3.63) is 29.8 Å². The van der Waals surface area contributed by atoms with E-state index >= 15 is 0 Å². The van der Waals surface area contributed by atoms with Crippen LogP contribution in [0.2, 0.25) is 0 Å². The van der Waals surface area contributed by atoms with Crippen LogP contribution in [0.15, 0.2) is 24.3 Å². The van der Waals surface area contributed by atoms with Gasteiger partial charge in [-0.05, 0) is 30.9 Å². The van der Waals surface area contributed by atoms with Crippen LogP contribution in [0.25, 0.3) is 0 Å². The summed E-state index contributed by atoms with van der Waals surface area (Å²) in [5.41, 5.74) is 1.94. The van der Waals surface area contributed by atoms with Gasteiger partial charge in [0.1, 0.15) is 0 Å². The van der Waals surface area contributed by atoms with Crippen molar-refractivity contribution >= 4 is 17.7 Å². The summed E-state index contributed by atoms with van der Waals surface area (Å²) in [5.74, 6) is -0.875. The lowest BCUT2D eigenvalue weighted by molar-refractivity contribution is -0.137. The van der Waals surface area contributed by atoms with Gasteiger partial charge in [0.15, 0.2) is 0 Å². The van der Waals surface area contributed by atoms with Crippen LogP contribution in [0.5, 0.6) is 0 Å². The Labute approximate surface area is 125 Å². The molecule has 2 N–H and O–H groups in total. The first-order valence-corrected chi connectivity index (χ1v) is 7.49. The number of carbonyl (C=O) groups excluding carboxylic acids is 1. The molecule has 5 nitrogen and oxygen atoms in total. The van der Waals surface area contributed by atoms with Crippen molar-refractivity contribution < 1.29 is 14.7 Å². The predicted molar refractivity (Wildman–Crippen MR) is 81.4 cm³/mol. The van der Waals surface area contributed by atoms with Crippen LogP contribution in [0.4, 0.5) is 10.5 Å². The molecule has 1 aliphatic rings. The van der Waals surface area contributed by atoms with Crippen LogP contribution in [0.3, 0.4) is 0 Å². The number of aliphatic carboxylic acids is 1. The van der Waals surface area contributed by atoms with Crippen molar-refractivity contribution in [3.8, 4) is 0 Å². The molecule has 1 fully saturated rings. The standard InChI is InChI=1S/C16H22N2O3/c1-2-5-12-6-3-4-7-14(12)17-16(21)18(13-8-9-13)11-10-15(19)20/h3-4,6-7,13H,2,5,8-11H2,1H3,(H,17,21)(H,19,20). The monoisotopic (exact) mass is 290 g/mol. The van der Waals surface area contributed by atoms with Gasteiger partial charge < -0.3 is 15.3 Å². The van der Waals surface area contributed by atoms with E-state index in [-0.39, 0.29) is 25.0 Å². The van der Waals surface area contributed by atoms with Crippen molar-refractivity contribution in [1.82, 2.24) is 4.90 Å². The summed E-state index contributed by atoms with van der Waals surface area (Å²) in [6.07, 6.45) is 3.83. The molecule has 114 valence electrons. The quantitative estimate of drug-likeness (QED) is 0.810. The highest BCUT2D eigenvalue weighted by molar-refractivity contribution is 5.90. The number of rotatable bonds is 7. The summed E-state index contributed by atoms with van der Waals surface area (Å²) in [7, 11) is 0. The van der Waals surface area contributed by atoms with Crippen molar-refractivity contribution in [3.63, 3.8) is 0 Å². The molecule has 1 saturated carbocycles. The van der Waals surface area contributed by atoms with E-state index in [0.717, 1.165) is 36.9 Å². The average Bonchev–Trinajstić information content (AvgIpc) is 3.26. The normalized spacial score (nSPS) is 13.8. The summed E-state index contributed by atoms with van der Waals surface area (Å²) < 4.78 is 0. The van der Waals surface area contributed by atoms with Crippen LogP contribution in [-0.4, -0.2) is 34.6 Å². The van der Waals surface area contributed by atoms with Crippen LogP contribution < -0.4 is 5.32 Å². The van der Waals surface area contributed by atoms with E-state index in [2.05, 4.69) is 12.2 Å². The average molecular weight is 290 g/mol. The van der Waals surface area contributed by atoms with E-state index in [9.17, 15) is 9.59 Å². The maximum Gasteiger partial charge on any atom is 0.322 e. The van der Waals surface area contributed by atoms with E-state index in [4.69, 9.17) is 5.11 Å². The molecular weight excluding hydrogens is 268 g/mol. The highest BCUT2D eigenvalue weighted by Gasteiger charge is 2.32. The molecular formula is C16H22N2O3. The molecule has 0 radical (unpaired) electrons. The fourth-order valence-electron chi connectivity index (χ4n) is 2.37. The number of hydrogen-bond acceptors (Lipinski definition) is 2. The van der Waals surface area contributed by atoms with Gasteiger partial charge in [0, 0.05) is 18.3 Å². The largest absolute Gasteiger partial charge is 0.481 e. The van der Waals surface area contributed by atoms with Crippen molar-refractivity contribution in [2.24, 2.45) is 0 Å². The minimum Gasteiger partial charge on any atom is -0.481 e. The number of nitrogens with one attached hydrogen (secondary N) is 1. The zero-order chi connectivity index (χ0) is 15.2. The summed E-state index contributed by atoms with van der Waals surface area (Å²) in [6.45, 7) is 2.36. The molecule has 0 atom stereocenters. The second-order valence-corrected chi connectivity index (χ2v) is 5.41. The van der Waals surface area contributed by atoms with Crippen molar-refractivity contribution in [1.29, 1.82) is 0 Å². The van der Waals surface area contributed by atoms with Gasteiger partial charge in [-0.2, -0.15) is 0 Å². The molecule has 0 unspecified atom stereocenters. The van der Waals surface area contributed by atoms with Gasteiger partial charge in [-0.25, -0.2) is 4.79 Å². The lowest BCUT2D eigenvalue weighted by Gasteiger charge is -2.23. The first-order valence-electron chi connectivity index (χ1n) is 7.49. The fraction of sp³-hybridized carbons (Fsp3) is 0.500. The van der Waals surface area contributed by atoms with Gasteiger partial charge in [0.2, 0.25) is 0 Å². The Morgan fingerprint density at radius 2 is 2.05 bits per heavy atom. The number of anilines is 1. The van der Waals surface area contributed by atoms with Crippen molar-refractivity contribution in [2.75, 3.05) is 11.9 Å². The number of urea groups is 1. The maximum absolute atomic E-state index is 12.4. The molecule has 5 heteroatoms. The molecule has 21 heavy (non-hydrogen) atoms. The van der Waals surface area contributed by atoms with Crippen LogP contribution >= 0.6 is 0 Å². The first kappa shape index (κ1) is 15.4. The summed E-state index contributed by atoms with van der Waals surface area (Å²) >= 11 is 0. The third kappa shape index (κ3) is 4.48. The molecule has 0 bridgehead atoms. The van der Waals surface area contributed by atoms with Gasteiger partial charge in [0.05, 0.1) is 6.42 Å². The maximum atomic E-state index is 12.4. The second-order valence-electron chi connectivity index (χ2n) is 5.41. The Morgan fingerprint density at radius 3 is 2.67 bits per heavy atom. The number of amides is 2. The highest BCUT2D eigenvalue weighted by atomic mass is 16.4. The number of carboxylic acid groups (broad SMARTS) is 1. The van der Waals surface area contributed by atoms with E-state index in [1.165, 1.54) is 0 Å². The number of carboxylic acids is 1. The topological polar surface area (TPSA) is 69.6 Å². The molecule has 0 aromatic heterocycles. The third-order valence-electron chi connectivity index (χ3n) is 3.59. The Bertz CT molecular complexity index is 512.